The molecule has 0 aromatic heterocycles. The van der Waals surface area contributed by atoms with Crippen LogP contribution < -0.4 is 5.32 Å². The molecule has 2 heteroatoms. The molecule has 3 atom stereocenters. The molecule has 0 aliphatic heterocycles. The average molecular weight is 198 g/mol. The van der Waals surface area contributed by atoms with Gasteiger partial charge in [0.2, 0.25) is 0 Å². The van der Waals surface area contributed by atoms with Gasteiger partial charge in [0.05, 0.1) is 0 Å². The van der Waals surface area contributed by atoms with Gasteiger partial charge in [0.1, 0.15) is 0 Å². The van der Waals surface area contributed by atoms with Crippen LogP contribution in [-0.2, 0) is 0 Å². The summed E-state index contributed by atoms with van der Waals surface area (Å²) in [4.78, 5) is 2.49. The van der Waals surface area contributed by atoms with E-state index in [0.717, 1.165) is 18.4 Å². The fraction of sp³-hybridized carbons (Fsp3) is 1.00. The summed E-state index contributed by atoms with van der Waals surface area (Å²) in [5, 5.41) is 3.53. The highest BCUT2D eigenvalue weighted by atomic mass is 15.1. The molecule has 1 rings (SSSR count). The fourth-order valence-electron chi connectivity index (χ4n) is 2.13. The first kappa shape index (κ1) is 12.0. The van der Waals surface area contributed by atoms with Gasteiger partial charge in [0, 0.05) is 19.1 Å². The summed E-state index contributed by atoms with van der Waals surface area (Å²) >= 11 is 0. The Morgan fingerprint density at radius 3 is 2.50 bits per heavy atom. The maximum Gasteiger partial charge on any atom is 0.0192 e. The van der Waals surface area contributed by atoms with Crippen LogP contribution in [0.4, 0.5) is 0 Å². The van der Waals surface area contributed by atoms with Crippen LogP contribution in [0.1, 0.15) is 33.6 Å². The Balaban J connectivity index is 2.13. The summed E-state index contributed by atoms with van der Waals surface area (Å²) in [6.07, 6.45) is 2.68. The van der Waals surface area contributed by atoms with Gasteiger partial charge < -0.3 is 10.2 Å². The minimum absolute atomic E-state index is 0.680. The van der Waals surface area contributed by atoms with Crippen molar-refractivity contribution >= 4 is 0 Å². The Labute approximate surface area is 89.1 Å². The summed E-state index contributed by atoms with van der Waals surface area (Å²) in [5.74, 6) is 1.97. The lowest BCUT2D eigenvalue weighted by molar-refractivity contribution is 0.273. The monoisotopic (exact) mass is 198 g/mol. The van der Waals surface area contributed by atoms with Crippen molar-refractivity contribution in [3.63, 3.8) is 0 Å². The first-order valence-electron chi connectivity index (χ1n) is 6.09. The molecule has 1 N–H and O–H groups in total. The minimum atomic E-state index is 0.680. The van der Waals surface area contributed by atoms with Gasteiger partial charge in [0.25, 0.3) is 0 Å². The molecule has 2 nitrogen and oxygen atoms in total. The van der Waals surface area contributed by atoms with E-state index in [2.05, 4.69) is 38.0 Å². The average Bonchev–Trinajstić information content (AvgIpc) is 2.80. The Bertz CT molecular complexity index is 158. The molecule has 0 bridgehead atoms. The lowest BCUT2D eigenvalue weighted by atomic mass is 10.2. The van der Waals surface area contributed by atoms with Gasteiger partial charge in [-0.2, -0.15) is 0 Å². The molecule has 0 spiro atoms. The van der Waals surface area contributed by atoms with E-state index in [0.29, 0.717) is 6.04 Å². The van der Waals surface area contributed by atoms with Gasteiger partial charge in [-0.15, -0.1) is 0 Å². The maximum atomic E-state index is 3.53. The topological polar surface area (TPSA) is 15.3 Å². The molecule has 1 fully saturated rings. The molecule has 14 heavy (non-hydrogen) atoms. The second-order valence-corrected chi connectivity index (χ2v) is 4.86. The lowest BCUT2D eigenvalue weighted by Crippen LogP contribution is -2.39. The van der Waals surface area contributed by atoms with Crippen molar-refractivity contribution in [3.05, 3.63) is 0 Å². The Morgan fingerprint density at radius 2 is 2.07 bits per heavy atom. The summed E-state index contributed by atoms with van der Waals surface area (Å²) in [6.45, 7) is 10.4. The van der Waals surface area contributed by atoms with E-state index in [4.69, 9.17) is 0 Å². The number of hydrogen-bond donors (Lipinski definition) is 1. The summed E-state index contributed by atoms with van der Waals surface area (Å²) in [5.41, 5.74) is 0. The fourth-order valence-corrected chi connectivity index (χ4v) is 2.13. The second kappa shape index (κ2) is 5.72. The van der Waals surface area contributed by atoms with Crippen LogP contribution in [0.2, 0.25) is 0 Å². The van der Waals surface area contributed by atoms with E-state index < -0.39 is 0 Å². The molecule has 1 aliphatic carbocycles. The zero-order chi connectivity index (χ0) is 10.6. The first-order valence-corrected chi connectivity index (χ1v) is 6.09. The predicted molar refractivity (Wildman–Crippen MR) is 62.5 cm³/mol. The van der Waals surface area contributed by atoms with Crippen molar-refractivity contribution in [3.8, 4) is 0 Å². The van der Waals surface area contributed by atoms with Crippen LogP contribution >= 0.6 is 0 Å². The minimum Gasteiger partial charge on any atom is -0.313 e. The highest BCUT2D eigenvalue weighted by Gasteiger charge is 2.33. The van der Waals surface area contributed by atoms with Crippen molar-refractivity contribution in [2.45, 2.75) is 39.7 Å². The van der Waals surface area contributed by atoms with Gasteiger partial charge >= 0.3 is 0 Å². The van der Waals surface area contributed by atoms with Crippen molar-refractivity contribution in [1.29, 1.82) is 0 Å². The molecule has 84 valence electrons. The van der Waals surface area contributed by atoms with Crippen molar-refractivity contribution in [1.82, 2.24) is 10.2 Å². The normalized spacial score (nSPS) is 28.1. The Hall–Kier alpha value is -0.0800. The number of likely N-dealkylation sites (N-methyl/N-ethyl adjacent to an activating group) is 2. The van der Waals surface area contributed by atoms with E-state index in [1.807, 2.05) is 0 Å². The lowest BCUT2D eigenvalue weighted by Gasteiger charge is -2.23. The van der Waals surface area contributed by atoms with E-state index >= 15 is 0 Å². The zero-order valence-electron chi connectivity index (χ0n) is 10.2. The molecule has 1 aliphatic rings. The van der Waals surface area contributed by atoms with E-state index in [1.54, 1.807) is 0 Å². The van der Waals surface area contributed by atoms with Gasteiger partial charge in [-0.05, 0) is 38.3 Å². The molecule has 0 amide bonds. The number of nitrogens with one attached hydrogen (secondary N) is 1. The Morgan fingerprint density at radius 1 is 1.43 bits per heavy atom. The van der Waals surface area contributed by atoms with E-state index in [9.17, 15) is 0 Å². The third-order valence-corrected chi connectivity index (χ3v) is 3.34. The summed E-state index contributed by atoms with van der Waals surface area (Å²) < 4.78 is 0. The summed E-state index contributed by atoms with van der Waals surface area (Å²) in [6, 6.07) is 0.680. The van der Waals surface area contributed by atoms with E-state index in [-0.39, 0.29) is 0 Å². The van der Waals surface area contributed by atoms with Crippen molar-refractivity contribution < 1.29 is 0 Å². The third kappa shape index (κ3) is 3.97. The predicted octanol–water partition coefficient (Wildman–Crippen LogP) is 1.96. The highest BCUT2D eigenvalue weighted by Crippen LogP contribution is 2.37. The van der Waals surface area contributed by atoms with Crippen LogP contribution in [0.15, 0.2) is 0 Å². The number of hydrogen-bond acceptors (Lipinski definition) is 2. The quantitative estimate of drug-likeness (QED) is 0.673. The third-order valence-electron chi connectivity index (χ3n) is 3.34. The molecule has 0 aromatic carbocycles. The van der Waals surface area contributed by atoms with Crippen molar-refractivity contribution in [2.24, 2.45) is 11.8 Å². The van der Waals surface area contributed by atoms with Crippen LogP contribution in [-0.4, -0.2) is 37.6 Å². The summed E-state index contributed by atoms with van der Waals surface area (Å²) in [7, 11) is 2.26. The van der Waals surface area contributed by atoms with Crippen LogP contribution in [0.5, 0.6) is 0 Å². The largest absolute Gasteiger partial charge is 0.313 e. The smallest absolute Gasteiger partial charge is 0.0192 e. The van der Waals surface area contributed by atoms with Crippen LogP contribution in [0.3, 0.4) is 0 Å². The molecule has 3 unspecified atom stereocenters. The molecule has 1 saturated carbocycles. The Kier molecular flexibility index (Phi) is 4.90. The van der Waals surface area contributed by atoms with Gasteiger partial charge in [0.15, 0.2) is 0 Å². The van der Waals surface area contributed by atoms with Gasteiger partial charge in [-0.3, -0.25) is 0 Å². The van der Waals surface area contributed by atoms with Gasteiger partial charge in [-0.25, -0.2) is 0 Å². The molecule has 0 radical (unpaired) electrons. The maximum absolute atomic E-state index is 3.53. The molecule has 0 heterocycles. The van der Waals surface area contributed by atoms with E-state index in [1.165, 1.54) is 25.9 Å². The second-order valence-electron chi connectivity index (χ2n) is 4.86. The molecule has 0 saturated heterocycles. The number of rotatable bonds is 7. The highest BCUT2D eigenvalue weighted by molar-refractivity contribution is 4.85. The zero-order valence-corrected chi connectivity index (χ0v) is 10.2. The molecular weight excluding hydrogens is 172 g/mol. The standard InChI is InChI=1S/C12H26N2/c1-5-12(13-6-2)9-14(4)8-11-7-10(11)3/h10-13H,5-9H2,1-4H3. The number of nitrogens with zero attached hydrogens (tertiary/aromatic N) is 1. The van der Waals surface area contributed by atoms with Crippen molar-refractivity contribution in [2.75, 3.05) is 26.7 Å². The molecule has 0 aromatic rings. The van der Waals surface area contributed by atoms with Crippen LogP contribution in [0, 0.1) is 11.8 Å². The van der Waals surface area contributed by atoms with Crippen LogP contribution in [0.25, 0.3) is 0 Å². The molecular formula is C12H26N2. The van der Waals surface area contributed by atoms with Gasteiger partial charge in [-0.1, -0.05) is 20.8 Å². The first-order chi connectivity index (χ1) is 6.67. The SMILES string of the molecule is CCNC(CC)CN(C)CC1CC1C.